The highest BCUT2D eigenvalue weighted by atomic mass is 16.1. The lowest BCUT2D eigenvalue weighted by atomic mass is 9.57. The zero-order valence-electron chi connectivity index (χ0n) is 6.73. The van der Waals surface area contributed by atoms with Gasteiger partial charge in [0.2, 0.25) is 7.28 Å². The number of carbonyl (C=O) groups excluding carboxylic acids is 1. The smallest absolute Gasteiger partial charge is 0.208 e. The lowest BCUT2D eigenvalue weighted by Gasteiger charge is -2.18. The second-order valence-corrected chi connectivity index (χ2v) is 3.41. The van der Waals surface area contributed by atoms with Crippen LogP contribution in [0.1, 0.15) is 39.0 Å². The first-order valence-corrected chi connectivity index (χ1v) is 4.28. The van der Waals surface area contributed by atoms with Gasteiger partial charge in [0, 0.05) is 0 Å². The fraction of sp³-hybridized carbons (Fsp3) is 0.875. The van der Waals surface area contributed by atoms with Crippen LogP contribution in [-0.4, -0.2) is 13.0 Å². The fourth-order valence-electron chi connectivity index (χ4n) is 1.80. The van der Waals surface area contributed by atoms with E-state index >= 15 is 0 Å². The van der Waals surface area contributed by atoms with Crippen LogP contribution in [0.25, 0.3) is 0 Å². The molecular formula is C8H15BO. The van der Waals surface area contributed by atoms with E-state index in [1.54, 1.807) is 6.92 Å². The van der Waals surface area contributed by atoms with E-state index in [1.165, 1.54) is 32.1 Å². The molecule has 0 aromatic carbocycles. The second-order valence-electron chi connectivity index (χ2n) is 3.41. The van der Waals surface area contributed by atoms with Gasteiger partial charge in [-0.2, -0.15) is 0 Å². The van der Waals surface area contributed by atoms with Crippen molar-refractivity contribution in [1.82, 2.24) is 0 Å². The first kappa shape index (κ1) is 7.84. The lowest BCUT2D eigenvalue weighted by Crippen LogP contribution is -2.14. The van der Waals surface area contributed by atoms with Gasteiger partial charge in [0.05, 0.1) is 5.68 Å². The quantitative estimate of drug-likeness (QED) is 0.531. The van der Waals surface area contributed by atoms with Crippen molar-refractivity contribution in [2.45, 2.75) is 44.8 Å². The van der Waals surface area contributed by atoms with E-state index in [-0.39, 0.29) is 0 Å². The molecule has 1 rings (SSSR count). The molecule has 0 heterocycles. The SMILES string of the molecule is CC(=O)BC1CCCCC1. The molecule has 0 aromatic rings. The molecule has 0 atom stereocenters. The van der Waals surface area contributed by atoms with Gasteiger partial charge >= 0.3 is 0 Å². The maximum atomic E-state index is 10.7. The van der Waals surface area contributed by atoms with Gasteiger partial charge in [-0.3, -0.25) is 0 Å². The standard InChI is InChI=1S/C8H15BO/c1-7(10)9-8-5-3-2-4-6-8/h8-9H,2-6H2,1H3. The lowest BCUT2D eigenvalue weighted by molar-refractivity contribution is -0.110. The molecule has 56 valence electrons. The minimum Gasteiger partial charge on any atom is -0.312 e. The summed E-state index contributed by atoms with van der Waals surface area (Å²) in [6.07, 6.45) is 6.66. The van der Waals surface area contributed by atoms with E-state index in [0.717, 1.165) is 13.1 Å². The average Bonchev–Trinajstić information content (AvgIpc) is 1.88. The van der Waals surface area contributed by atoms with Gasteiger partial charge in [-0.25, -0.2) is 0 Å². The Morgan fingerprint density at radius 2 is 1.90 bits per heavy atom. The van der Waals surface area contributed by atoms with Gasteiger partial charge in [0.15, 0.2) is 0 Å². The highest BCUT2D eigenvalue weighted by Crippen LogP contribution is 2.27. The van der Waals surface area contributed by atoms with Gasteiger partial charge in [0.1, 0.15) is 0 Å². The van der Waals surface area contributed by atoms with Crippen molar-refractivity contribution in [3.63, 3.8) is 0 Å². The van der Waals surface area contributed by atoms with Crippen LogP contribution in [0.5, 0.6) is 0 Å². The normalized spacial score (nSPS) is 20.5. The molecule has 1 aliphatic rings. The number of hydrogen-bond acceptors (Lipinski definition) is 1. The molecule has 10 heavy (non-hydrogen) atoms. The molecule has 0 saturated heterocycles. The Hall–Kier alpha value is -0.265. The van der Waals surface area contributed by atoms with Crippen molar-refractivity contribution < 1.29 is 4.79 Å². The Balaban J connectivity index is 2.19. The zero-order chi connectivity index (χ0) is 7.40. The molecular weight excluding hydrogens is 123 g/mol. The summed E-state index contributed by atoms with van der Waals surface area (Å²) in [6.45, 7) is 1.70. The summed E-state index contributed by atoms with van der Waals surface area (Å²) in [4.78, 5) is 10.7. The zero-order valence-corrected chi connectivity index (χ0v) is 6.73. The van der Waals surface area contributed by atoms with Crippen molar-refractivity contribution in [1.29, 1.82) is 0 Å². The first-order chi connectivity index (χ1) is 4.79. The molecule has 0 aliphatic heterocycles. The summed E-state index contributed by atoms with van der Waals surface area (Å²) in [5, 5.41) is 0. The number of hydrogen-bond donors (Lipinski definition) is 0. The third-order valence-electron chi connectivity index (χ3n) is 2.30. The van der Waals surface area contributed by atoms with Crippen LogP contribution in [0, 0.1) is 0 Å². The molecule has 1 fully saturated rings. The van der Waals surface area contributed by atoms with E-state index in [2.05, 4.69) is 0 Å². The van der Waals surface area contributed by atoms with Crippen molar-refractivity contribution in [3.05, 3.63) is 0 Å². The van der Waals surface area contributed by atoms with Gasteiger partial charge in [-0.05, 0) is 6.92 Å². The molecule has 0 bridgehead atoms. The third-order valence-corrected chi connectivity index (χ3v) is 2.30. The van der Waals surface area contributed by atoms with Gasteiger partial charge in [-0.15, -0.1) is 0 Å². The monoisotopic (exact) mass is 138 g/mol. The Morgan fingerprint density at radius 3 is 2.40 bits per heavy atom. The number of carbonyl (C=O) groups is 1. The first-order valence-electron chi connectivity index (χ1n) is 4.28. The predicted octanol–water partition coefficient (Wildman–Crippen LogP) is 1.72. The van der Waals surface area contributed by atoms with Crippen LogP contribution in [-0.2, 0) is 4.79 Å². The highest BCUT2D eigenvalue weighted by Gasteiger charge is 2.16. The maximum Gasteiger partial charge on any atom is 0.208 e. The molecule has 1 saturated carbocycles. The third kappa shape index (κ3) is 2.55. The average molecular weight is 138 g/mol. The van der Waals surface area contributed by atoms with E-state index < -0.39 is 0 Å². The fourth-order valence-corrected chi connectivity index (χ4v) is 1.80. The van der Waals surface area contributed by atoms with Crippen LogP contribution in [0.2, 0.25) is 5.82 Å². The molecule has 0 aromatic heterocycles. The maximum absolute atomic E-state index is 10.7. The molecule has 1 aliphatic carbocycles. The van der Waals surface area contributed by atoms with E-state index in [1.807, 2.05) is 0 Å². The van der Waals surface area contributed by atoms with Crippen LogP contribution >= 0.6 is 0 Å². The minimum absolute atomic E-state index is 0.368. The molecule has 0 radical (unpaired) electrons. The van der Waals surface area contributed by atoms with Crippen molar-refractivity contribution >= 4 is 13.0 Å². The Bertz CT molecular complexity index is 116. The molecule has 2 heteroatoms. The largest absolute Gasteiger partial charge is 0.312 e. The Morgan fingerprint density at radius 1 is 1.30 bits per heavy atom. The summed E-state index contributed by atoms with van der Waals surface area (Å²) in [6, 6.07) is 0. The highest BCUT2D eigenvalue weighted by molar-refractivity contribution is 6.74. The van der Waals surface area contributed by atoms with Gasteiger partial charge < -0.3 is 4.79 Å². The van der Waals surface area contributed by atoms with Gasteiger partial charge in [-0.1, -0.05) is 37.9 Å². The molecule has 0 amide bonds. The van der Waals surface area contributed by atoms with E-state index in [9.17, 15) is 4.79 Å². The van der Waals surface area contributed by atoms with Gasteiger partial charge in [0.25, 0.3) is 0 Å². The molecule has 1 nitrogen and oxygen atoms in total. The summed E-state index contributed by atoms with van der Waals surface area (Å²) in [7, 11) is 0.833. The van der Waals surface area contributed by atoms with E-state index in [4.69, 9.17) is 0 Å². The summed E-state index contributed by atoms with van der Waals surface area (Å²) < 4.78 is 0. The Labute approximate surface area is 63.4 Å². The molecule has 0 spiro atoms. The number of rotatable bonds is 2. The van der Waals surface area contributed by atoms with Crippen molar-refractivity contribution in [3.8, 4) is 0 Å². The summed E-state index contributed by atoms with van der Waals surface area (Å²) >= 11 is 0. The topological polar surface area (TPSA) is 17.1 Å². The molecule has 0 N–H and O–H groups in total. The summed E-state index contributed by atoms with van der Waals surface area (Å²) in [5.74, 6) is 0.728. The van der Waals surface area contributed by atoms with Crippen LogP contribution in [0.15, 0.2) is 0 Å². The second kappa shape index (κ2) is 3.79. The van der Waals surface area contributed by atoms with Crippen molar-refractivity contribution in [2.75, 3.05) is 0 Å². The molecule has 0 unspecified atom stereocenters. The van der Waals surface area contributed by atoms with Crippen LogP contribution in [0.4, 0.5) is 0 Å². The van der Waals surface area contributed by atoms with Crippen molar-refractivity contribution in [2.24, 2.45) is 0 Å². The van der Waals surface area contributed by atoms with Crippen LogP contribution < -0.4 is 0 Å². The predicted molar refractivity (Wildman–Crippen MR) is 44.7 cm³/mol. The Kier molecular flexibility index (Phi) is 2.97. The summed E-state index contributed by atoms with van der Waals surface area (Å²) in [5.41, 5.74) is 0.368. The minimum atomic E-state index is 0.368. The van der Waals surface area contributed by atoms with E-state index in [0.29, 0.717) is 5.68 Å². The van der Waals surface area contributed by atoms with Crippen LogP contribution in [0.3, 0.4) is 0 Å².